The average molecular weight is 469 g/mol. The molecule has 0 unspecified atom stereocenters. The molecule has 182 valence electrons. The molecule has 1 fully saturated rings. The van der Waals surface area contributed by atoms with E-state index in [0.29, 0.717) is 12.8 Å². The van der Waals surface area contributed by atoms with Gasteiger partial charge in [-0.15, -0.1) is 5.10 Å². The van der Waals surface area contributed by atoms with Crippen molar-refractivity contribution in [3.8, 4) is 0 Å². The maximum Gasteiger partial charge on any atom is 0.244 e. The van der Waals surface area contributed by atoms with Gasteiger partial charge in [-0.3, -0.25) is 14.4 Å². The highest BCUT2D eigenvalue weighted by molar-refractivity contribution is 5.97. The highest BCUT2D eigenvalue weighted by Gasteiger charge is 2.58. The van der Waals surface area contributed by atoms with Gasteiger partial charge >= 0.3 is 0 Å². The Hall–Kier alpha value is -3.27. The molecule has 10 nitrogen and oxygen atoms in total. The number of allylic oxidation sites excluding steroid dienone is 1. The lowest BCUT2D eigenvalue weighted by atomic mass is 9.69. The molecule has 3 amide bonds. The van der Waals surface area contributed by atoms with E-state index < -0.39 is 29.8 Å². The normalized spacial score (nSPS) is 27.0. The lowest BCUT2D eigenvalue weighted by molar-refractivity contribution is -0.143. The van der Waals surface area contributed by atoms with Crippen LogP contribution in [0.1, 0.15) is 26.7 Å². The molecular formula is C24H32N6O4. The van der Waals surface area contributed by atoms with Crippen molar-refractivity contribution in [2.24, 2.45) is 23.7 Å². The lowest BCUT2D eigenvalue weighted by Crippen LogP contribution is -2.52. The van der Waals surface area contributed by atoms with E-state index in [0.717, 1.165) is 11.0 Å². The highest BCUT2D eigenvalue weighted by Crippen LogP contribution is 2.45. The number of likely N-dealkylation sites (tertiary alicyclic amines) is 1. The zero-order valence-corrected chi connectivity index (χ0v) is 19.7. The van der Waals surface area contributed by atoms with Crippen LogP contribution in [0.5, 0.6) is 0 Å². The smallest absolute Gasteiger partial charge is 0.244 e. The molecule has 6 atom stereocenters. The first-order chi connectivity index (χ1) is 16.5. The lowest BCUT2D eigenvalue weighted by Gasteiger charge is -2.34. The number of benzene rings is 1. The number of rotatable bonds is 8. The summed E-state index contributed by atoms with van der Waals surface area (Å²) in [5, 5.41) is 23.8. The molecule has 2 aromatic rings. The summed E-state index contributed by atoms with van der Waals surface area (Å²) in [6, 6.07) is 6.10. The van der Waals surface area contributed by atoms with Crippen LogP contribution in [0.4, 0.5) is 0 Å². The minimum absolute atomic E-state index is 0.0886. The molecule has 2 heterocycles. The topological polar surface area (TPSA) is 129 Å². The second-order valence-corrected chi connectivity index (χ2v) is 8.91. The SMILES string of the molecule is CC[C@@H](CO)N1C(=O)[C@H]2[C@H](C=C[C@@H](CC)[C@H]2C(=O)NC)[C@H]1C(=O)NCn1nnc2ccccc21. The van der Waals surface area contributed by atoms with Crippen LogP contribution in [0.25, 0.3) is 11.0 Å². The number of hydrogen-bond donors (Lipinski definition) is 3. The third-order valence-corrected chi connectivity index (χ3v) is 7.24. The van der Waals surface area contributed by atoms with Crippen molar-refractivity contribution in [2.45, 2.75) is 45.4 Å². The first kappa shape index (κ1) is 23.9. The second kappa shape index (κ2) is 9.92. The van der Waals surface area contributed by atoms with E-state index in [9.17, 15) is 19.5 Å². The number of aromatic nitrogens is 3. The number of carbonyl (C=O) groups is 3. The molecular weight excluding hydrogens is 436 g/mol. The summed E-state index contributed by atoms with van der Waals surface area (Å²) in [5.41, 5.74) is 1.50. The van der Waals surface area contributed by atoms with Crippen LogP contribution in [0, 0.1) is 23.7 Å². The van der Waals surface area contributed by atoms with Crippen molar-refractivity contribution >= 4 is 28.8 Å². The summed E-state index contributed by atoms with van der Waals surface area (Å²) in [5.74, 6) is -2.58. The van der Waals surface area contributed by atoms with Gasteiger partial charge in [-0.05, 0) is 30.9 Å². The molecule has 3 N–H and O–H groups in total. The molecule has 1 aliphatic heterocycles. The molecule has 4 rings (SSSR count). The number of nitrogens with one attached hydrogen (secondary N) is 2. The highest BCUT2D eigenvalue weighted by atomic mass is 16.3. The zero-order chi connectivity index (χ0) is 24.4. The van der Waals surface area contributed by atoms with Gasteiger partial charge in [0.2, 0.25) is 17.7 Å². The Morgan fingerprint density at radius 1 is 1.18 bits per heavy atom. The molecule has 0 bridgehead atoms. The van der Waals surface area contributed by atoms with Crippen LogP contribution in [0.15, 0.2) is 36.4 Å². The van der Waals surface area contributed by atoms with Gasteiger partial charge in [0.25, 0.3) is 0 Å². The van der Waals surface area contributed by atoms with Crippen LogP contribution in [0.2, 0.25) is 0 Å². The van der Waals surface area contributed by atoms with E-state index in [1.54, 1.807) is 11.7 Å². The summed E-state index contributed by atoms with van der Waals surface area (Å²) in [4.78, 5) is 41.6. The Labute approximate surface area is 198 Å². The molecule has 34 heavy (non-hydrogen) atoms. The Kier molecular flexibility index (Phi) is 6.97. The summed E-state index contributed by atoms with van der Waals surface area (Å²) >= 11 is 0. The monoisotopic (exact) mass is 468 g/mol. The molecule has 2 aliphatic rings. The summed E-state index contributed by atoms with van der Waals surface area (Å²) in [7, 11) is 1.56. The largest absolute Gasteiger partial charge is 0.394 e. The Bertz CT molecular complexity index is 1090. The maximum atomic E-state index is 13.7. The van der Waals surface area contributed by atoms with Crippen molar-refractivity contribution in [3.05, 3.63) is 36.4 Å². The Morgan fingerprint density at radius 3 is 2.62 bits per heavy atom. The van der Waals surface area contributed by atoms with Gasteiger partial charge in [0.1, 0.15) is 18.2 Å². The number of aliphatic hydroxyl groups is 1. The van der Waals surface area contributed by atoms with E-state index in [2.05, 4.69) is 20.9 Å². The van der Waals surface area contributed by atoms with Crippen molar-refractivity contribution in [1.29, 1.82) is 0 Å². The minimum atomic E-state index is -0.828. The van der Waals surface area contributed by atoms with Crippen LogP contribution < -0.4 is 10.6 Å². The fourth-order valence-corrected chi connectivity index (χ4v) is 5.46. The first-order valence-corrected chi connectivity index (χ1v) is 11.9. The summed E-state index contributed by atoms with van der Waals surface area (Å²) in [6.45, 7) is 3.68. The van der Waals surface area contributed by atoms with E-state index in [1.165, 1.54) is 4.90 Å². The van der Waals surface area contributed by atoms with Gasteiger partial charge in [-0.1, -0.05) is 43.3 Å². The molecule has 10 heteroatoms. The number of para-hydroxylation sites is 1. The number of carbonyl (C=O) groups excluding carboxylic acids is 3. The van der Waals surface area contributed by atoms with Crippen LogP contribution >= 0.6 is 0 Å². The van der Waals surface area contributed by atoms with Gasteiger partial charge < -0.3 is 20.6 Å². The molecule has 1 aliphatic carbocycles. The number of hydrogen-bond acceptors (Lipinski definition) is 6. The van der Waals surface area contributed by atoms with Crippen LogP contribution in [0.3, 0.4) is 0 Å². The third-order valence-electron chi connectivity index (χ3n) is 7.24. The van der Waals surface area contributed by atoms with Crippen molar-refractivity contribution in [3.63, 3.8) is 0 Å². The van der Waals surface area contributed by atoms with Crippen LogP contribution in [-0.2, 0) is 21.1 Å². The standard InChI is InChI=1S/C24H32N6O4/c1-4-14-10-11-16-20(19(14)22(32)25-3)24(34)30(15(5-2)12-31)21(16)23(33)26-13-29-18-9-7-6-8-17(18)27-28-29/h6-11,14-16,19-21,31H,4-5,12-13H2,1-3H3,(H,25,32)(H,26,33)/t14-,15+,16+,19-,20+,21+/m1/s1. The van der Waals surface area contributed by atoms with E-state index in [4.69, 9.17) is 0 Å². The number of aliphatic hydroxyl groups excluding tert-OH is 1. The van der Waals surface area contributed by atoms with E-state index in [1.807, 2.05) is 50.3 Å². The minimum Gasteiger partial charge on any atom is -0.394 e. The fraction of sp³-hybridized carbons (Fsp3) is 0.542. The molecule has 0 spiro atoms. The zero-order valence-electron chi connectivity index (χ0n) is 19.7. The van der Waals surface area contributed by atoms with Crippen LogP contribution in [-0.4, -0.2) is 68.5 Å². The molecule has 1 saturated heterocycles. The number of fused-ring (bicyclic) bond motifs is 2. The summed E-state index contributed by atoms with van der Waals surface area (Å²) in [6.07, 6.45) is 5.07. The Morgan fingerprint density at radius 2 is 1.94 bits per heavy atom. The first-order valence-electron chi connectivity index (χ1n) is 11.9. The molecule has 0 saturated carbocycles. The Balaban J connectivity index is 1.65. The van der Waals surface area contributed by atoms with Crippen molar-refractivity contribution in [2.75, 3.05) is 13.7 Å². The number of amides is 3. The molecule has 1 aromatic heterocycles. The average Bonchev–Trinajstić information content (AvgIpc) is 3.41. The second-order valence-electron chi connectivity index (χ2n) is 8.91. The van der Waals surface area contributed by atoms with Gasteiger partial charge in [0.15, 0.2) is 0 Å². The van der Waals surface area contributed by atoms with Gasteiger partial charge in [0, 0.05) is 13.0 Å². The van der Waals surface area contributed by atoms with Crippen molar-refractivity contribution < 1.29 is 19.5 Å². The predicted octanol–water partition coefficient (Wildman–Crippen LogP) is 0.677. The van der Waals surface area contributed by atoms with Crippen molar-refractivity contribution in [1.82, 2.24) is 30.5 Å². The quantitative estimate of drug-likeness (QED) is 0.489. The van der Waals surface area contributed by atoms with Gasteiger partial charge in [0.05, 0.1) is 30.0 Å². The van der Waals surface area contributed by atoms with Gasteiger partial charge in [-0.2, -0.15) is 0 Å². The molecule has 0 radical (unpaired) electrons. The maximum absolute atomic E-state index is 13.7. The fourth-order valence-electron chi connectivity index (χ4n) is 5.46. The summed E-state index contributed by atoms with van der Waals surface area (Å²) < 4.78 is 1.59. The van der Waals surface area contributed by atoms with E-state index >= 15 is 0 Å². The van der Waals surface area contributed by atoms with Gasteiger partial charge in [-0.25, -0.2) is 4.68 Å². The number of nitrogens with zero attached hydrogens (tertiary/aromatic N) is 4. The van der Waals surface area contributed by atoms with E-state index in [-0.39, 0.29) is 36.9 Å². The molecule has 1 aromatic carbocycles. The third kappa shape index (κ3) is 3.96. The predicted molar refractivity (Wildman–Crippen MR) is 125 cm³/mol.